The number of aliphatic hydroxyl groups excluding tert-OH is 1. The minimum absolute atomic E-state index is 0.116. The van der Waals surface area contributed by atoms with Crippen LogP contribution < -0.4 is 5.32 Å². The summed E-state index contributed by atoms with van der Waals surface area (Å²) >= 11 is 3.17. The Morgan fingerprint density at radius 2 is 2.35 bits per heavy atom. The van der Waals surface area contributed by atoms with Gasteiger partial charge >= 0.3 is 5.97 Å². The number of nitrogens with one attached hydrogen (secondary N) is 1. The summed E-state index contributed by atoms with van der Waals surface area (Å²) in [5.74, 6) is -0.707. The lowest BCUT2D eigenvalue weighted by atomic mass is 10.2. The number of nitrogens with zero attached hydrogens (tertiary/aromatic N) is 1. The molecule has 0 amide bonds. The van der Waals surface area contributed by atoms with E-state index < -0.39 is 5.97 Å². The second kappa shape index (κ2) is 6.56. The van der Waals surface area contributed by atoms with Crippen LogP contribution in [0.15, 0.2) is 16.7 Å². The molecule has 0 aliphatic heterocycles. The van der Waals surface area contributed by atoms with Crippen molar-refractivity contribution in [1.82, 2.24) is 4.98 Å². The van der Waals surface area contributed by atoms with Gasteiger partial charge in [0.15, 0.2) is 0 Å². The fourth-order valence-electron chi connectivity index (χ4n) is 1.30. The third-order valence-electron chi connectivity index (χ3n) is 2.33. The van der Waals surface area contributed by atoms with Gasteiger partial charge in [0.1, 0.15) is 11.4 Å². The minimum Gasteiger partial charge on any atom is -0.478 e. The molecule has 0 aromatic carbocycles. The molecular formula is C11H15BrN2O3. The summed E-state index contributed by atoms with van der Waals surface area (Å²) in [7, 11) is 0. The topological polar surface area (TPSA) is 82.5 Å². The molecule has 1 unspecified atom stereocenters. The molecule has 0 fully saturated rings. The van der Waals surface area contributed by atoms with Crippen molar-refractivity contribution in [3.8, 4) is 0 Å². The Bertz CT molecular complexity index is 398. The maximum atomic E-state index is 11.0. The number of anilines is 1. The highest BCUT2D eigenvalue weighted by molar-refractivity contribution is 9.10. The monoisotopic (exact) mass is 302 g/mol. The highest BCUT2D eigenvalue weighted by Crippen LogP contribution is 2.18. The molecule has 3 N–H and O–H groups in total. The second-order valence-electron chi connectivity index (χ2n) is 3.63. The van der Waals surface area contributed by atoms with Crippen molar-refractivity contribution in [3.63, 3.8) is 0 Å². The Morgan fingerprint density at radius 1 is 1.65 bits per heavy atom. The average Bonchev–Trinajstić information content (AvgIpc) is 2.30. The first kappa shape index (κ1) is 13.9. The largest absolute Gasteiger partial charge is 0.478 e. The first-order chi connectivity index (χ1) is 8.04. The molecular weight excluding hydrogens is 288 g/mol. The number of hydrogen-bond acceptors (Lipinski definition) is 4. The molecule has 1 aromatic rings. The minimum atomic E-state index is -1.03. The third-order valence-corrected chi connectivity index (χ3v) is 2.76. The SMILES string of the molecule is CCC(O)CCNc1ncc(Br)cc1C(=O)O. The Morgan fingerprint density at radius 3 is 2.94 bits per heavy atom. The van der Waals surface area contributed by atoms with Crippen molar-refractivity contribution in [2.45, 2.75) is 25.9 Å². The smallest absolute Gasteiger partial charge is 0.339 e. The van der Waals surface area contributed by atoms with Gasteiger partial charge in [0.2, 0.25) is 0 Å². The van der Waals surface area contributed by atoms with Gasteiger partial charge in [-0.1, -0.05) is 6.92 Å². The summed E-state index contributed by atoms with van der Waals surface area (Å²) in [4.78, 5) is 15.0. The Kier molecular flexibility index (Phi) is 5.37. The van der Waals surface area contributed by atoms with Crippen molar-refractivity contribution in [2.75, 3.05) is 11.9 Å². The highest BCUT2D eigenvalue weighted by Gasteiger charge is 2.12. The van der Waals surface area contributed by atoms with Gasteiger partial charge in [0.25, 0.3) is 0 Å². The van der Waals surface area contributed by atoms with Gasteiger partial charge in [-0.3, -0.25) is 0 Å². The number of aromatic nitrogens is 1. The number of aromatic carboxylic acids is 1. The predicted molar refractivity (Wildman–Crippen MR) is 68.3 cm³/mol. The molecule has 0 bridgehead atoms. The maximum absolute atomic E-state index is 11.0. The zero-order chi connectivity index (χ0) is 12.8. The number of aliphatic hydroxyl groups is 1. The zero-order valence-electron chi connectivity index (χ0n) is 9.48. The summed E-state index contributed by atoms with van der Waals surface area (Å²) in [5.41, 5.74) is 0.116. The third kappa shape index (κ3) is 4.32. The Labute approximate surface area is 108 Å². The highest BCUT2D eigenvalue weighted by atomic mass is 79.9. The van der Waals surface area contributed by atoms with E-state index in [1.54, 1.807) is 0 Å². The molecule has 17 heavy (non-hydrogen) atoms. The molecule has 0 saturated heterocycles. The molecule has 1 rings (SSSR count). The van der Waals surface area contributed by atoms with Gasteiger partial charge in [0, 0.05) is 17.2 Å². The standard InChI is InChI=1S/C11H15BrN2O3/c1-2-8(15)3-4-13-10-9(11(16)17)5-7(12)6-14-10/h5-6,8,15H,2-4H2,1H3,(H,13,14)(H,16,17). The summed E-state index contributed by atoms with van der Waals surface area (Å²) in [6.07, 6.45) is 2.41. The number of rotatable bonds is 6. The summed E-state index contributed by atoms with van der Waals surface area (Å²) < 4.78 is 0.619. The lowest BCUT2D eigenvalue weighted by Crippen LogP contribution is -2.15. The van der Waals surface area contributed by atoms with Crippen LogP contribution in [-0.4, -0.2) is 33.8 Å². The predicted octanol–water partition coefficient (Wildman–Crippen LogP) is 2.12. The van der Waals surface area contributed by atoms with Crippen LogP contribution in [0.2, 0.25) is 0 Å². The van der Waals surface area contributed by atoms with E-state index in [4.69, 9.17) is 5.11 Å². The molecule has 1 atom stereocenters. The number of carboxylic acid groups (broad SMARTS) is 1. The molecule has 0 spiro atoms. The first-order valence-corrected chi connectivity index (χ1v) is 6.14. The van der Waals surface area contributed by atoms with Gasteiger partial charge in [-0.25, -0.2) is 9.78 Å². The lowest BCUT2D eigenvalue weighted by Gasteiger charge is -2.11. The molecule has 1 heterocycles. The van der Waals surface area contributed by atoms with Crippen molar-refractivity contribution in [1.29, 1.82) is 0 Å². The van der Waals surface area contributed by atoms with E-state index in [9.17, 15) is 9.90 Å². The molecule has 0 aliphatic rings. The summed E-state index contributed by atoms with van der Waals surface area (Å²) in [6.45, 7) is 2.38. The molecule has 6 heteroatoms. The van der Waals surface area contributed by atoms with E-state index in [-0.39, 0.29) is 11.7 Å². The summed E-state index contributed by atoms with van der Waals surface area (Å²) in [6, 6.07) is 1.49. The van der Waals surface area contributed by atoms with E-state index in [0.717, 1.165) is 0 Å². The zero-order valence-corrected chi connectivity index (χ0v) is 11.1. The molecule has 0 saturated carbocycles. The molecule has 5 nitrogen and oxygen atoms in total. The molecule has 94 valence electrons. The number of halogens is 1. The fourth-order valence-corrected chi connectivity index (χ4v) is 1.64. The van der Waals surface area contributed by atoms with E-state index in [0.29, 0.717) is 29.7 Å². The van der Waals surface area contributed by atoms with E-state index in [1.165, 1.54) is 12.3 Å². The van der Waals surface area contributed by atoms with E-state index in [2.05, 4.69) is 26.2 Å². The molecule has 0 aliphatic carbocycles. The average molecular weight is 303 g/mol. The van der Waals surface area contributed by atoms with Crippen molar-refractivity contribution >= 4 is 27.7 Å². The van der Waals surface area contributed by atoms with Crippen molar-refractivity contribution in [2.24, 2.45) is 0 Å². The number of hydrogen-bond donors (Lipinski definition) is 3. The van der Waals surface area contributed by atoms with Crippen LogP contribution in [0, 0.1) is 0 Å². The van der Waals surface area contributed by atoms with Crippen LogP contribution >= 0.6 is 15.9 Å². The number of carbonyl (C=O) groups is 1. The van der Waals surface area contributed by atoms with Crippen LogP contribution in [0.5, 0.6) is 0 Å². The second-order valence-corrected chi connectivity index (χ2v) is 4.55. The normalized spacial score (nSPS) is 12.2. The maximum Gasteiger partial charge on any atom is 0.339 e. The van der Waals surface area contributed by atoms with Gasteiger partial charge in [0.05, 0.1) is 6.10 Å². The van der Waals surface area contributed by atoms with Crippen LogP contribution in [-0.2, 0) is 0 Å². The van der Waals surface area contributed by atoms with E-state index >= 15 is 0 Å². The summed E-state index contributed by atoms with van der Waals surface area (Å²) in [5, 5.41) is 21.3. The van der Waals surface area contributed by atoms with Crippen LogP contribution in [0.4, 0.5) is 5.82 Å². The van der Waals surface area contributed by atoms with Gasteiger partial charge in [-0.05, 0) is 34.8 Å². The Balaban J connectivity index is 2.67. The molecule has 1 aromatic heterocycles. The van der Waals surface area contributed by atoms with Crippen LogP contribution in [0.3, 0.4) is 0 Å². The first-order valence-electron chi connectivity index (χ1n) is 5.35. The molecule has 0 radical (unpaired) electrons. The van der Waals surface area contributed by atoms with E-state index in [1.807, 2.05) is 6.92 Å². The van der Waals surface area contributed by atoms with Crippen molar-refractivity contribution < 1.29 is 15.0 Å². The lowest BCUT2D eigenvalue weighted by molar-refractivity contribution is 0.0697. The van der Waals surface area contributed by atoms with Gasteiger partial charge in [-0.2, -0.15) is 0 Å². The number of pyridine rings is 1. The Hall–Kier alpha value is -1.14. The van der Waals surface area contributed by atoms with Crippen molar-refractivity contribution in [3.05, 3.63) is 22.3 Å². The van der Waals surface area contributed by atoms with Gasteiger partial charge < -0.3 is 15.5 Å². The number of carboxylic acids is 1. The van der Waals surface area contributed by atoms with Crippen LogP contribution in [0.25, 0.3) is 0 Å². The van der Waals surface area contributed by atoms with Crippen LogP contribution in [0.1, 0.15) is 30.1 Å². The fraction of sp³-hybridized carbons (Fsp3) is 0.455. The quantitative estimate of drug-likeness (QED) is 0.750. The van der Waals surface area contributed by atoms with Gasteiger partial charge in [-0.15, -0.1) is 0 Å².